The standard InChI is InChI=1S/C12H25N3S/c1-3-11(10-12(13)16)14(2)8-9-15-6-4-5-7-15/h11H,3-10H2,1-2H3,(H2,13,16). The van der Waals surface area contributed by atoms with Crippen molar-refractivity contribution in [3.8, 4) is 0 Å². The van der Waals surface area contributed by atoms with Crippen LogP contribution in [0.25, 0.3) is 0 Å². The first kappa shape index (κ1) is 13.9. The molecule has 0 bridgehead atoms. The molecule has 2 N–H and O–H groups in total. The van der Waals surface area contributed by atoms with Crippen molar-refractivity contribution in [1.82, 2.24) is 9.80 Å². The van der Waals surface area contributed by atoms with Gasteiger partial charge in [-0.2, -0.15) is 0 Å². The summed E-state index contributed by atoms with van der Waals surface area (Å²) in [7, 11) is 2.18. The van der Waals surface area contributed by atoms with E-state index < -0.39 is 0 Å². The summed E-state index contributed by atoms with van der Waals surface area (Å²) in [5.41, 5.74) is 5.62. The van der Waals surface area contributed by atoms with E-state index in [-0.39, 0.29) is 0 Å². The average molecular weight is 243 g/mol. The van der Waals surface area contributed by atoms with E-state index in [0.717, 1.165) is 19.4 Å². The smallest absolute Gasteiger partial charge is 0.0743 e. The van der Waals surface area contributed by atoms with Crippen LogP contribution in [-0.2, 0) is 0 Å². The van der Waals surface area contributed by atoms with Gasteiger partial charge in [0.05, 0.1) is 4.99 Å². The molecule has 16 heavy (non-hydrogen) atoms. The molecule has 0 aromatic rings. The number of likely N-dealkylation sites (tertiary alicyclic amines) is 1. The Morgan fingerprint density at radius 2 is 2.06 bits per heavy atom. The Labute approximate surface area is 105 Å². The maximum Gasteiger partial charge on any atom is 0.0743 e. The molecule has 0 saturated carbocycles. The fourth-order valence-corrected chi connectivity index (χ4v) is 2.52. The Morgan fingerprint density at radius 1 is 1.44 bits per heavy atom. The Hall–Kier alpha value is -0.190. The Bertz CT molecular complexity index is 214. The minimum atomic E-state index is 0.514. The van der Waals surface area contributed by atoms with Crippen LogP contribution in [0.4, 0.5) is 0 Å². The summed E-state index contributed by atoms with van der Waals surface area (Å²) < 4.78 is 0. The van der Waals surface area contributed by atoms with Gasteiger partial charge in [-0.05, 0) is 39.4 Å². The van der Waals surface area contributed by atoms with Crippen LogP contribution in [0.2, 0.25) is 0 Å². The highest BCUT2D eigenvalue weighted by Gasteiger charge is 2.16. The van der Waals surface area contributed by atoms with Crippen LogP contribution in [0.3, 0.4) is 0 Å². The predicted molar refractivity (Wildman–Crippen MR) is 73.8 cm³/mol. The molecule has 4 heteroatoms. The molecule has 0 amide bonds. The summed E-state index contributed by atoms with van der Waals surface area (Å²) in [4.78, 5) is 5.58. The number of nitrogens with two attached hydrogens (primary N) is 1. The van der Waals surface area contributed by atoms with Gasteiger partial charge in [-0.3, -0.25) is 0 Å². The molecule has 1 fully saturated rings. The maximum absolute atomic E-state index is 5.62. The fraction of sp³-hybridized carbons (Fsp3) is 0.917. The molecule has 1 heterocycles. The molecule has 0 spiro atoms. The van der Waals surface area contributed by atoms with E-state index in [4.69, 9.17) is 18.0 Å². The third-order valence-corrected chi connectivity index (χ3v) is 3.67. The predicted octanol–water partition coefficient (Wildman–Crippen LogP) is 1.47. The van der Waals surface area contributed by atoms with E-state index >= 15 is 0 Å². The molecular formula is C12H25N3S. The van der Waals surface area contributed by atoms with E-state index in [2.05, 4.69) is 23.8 Å². The van der Waals surface area contributed by atoms with E-state index in [1.54, 1.807) is 0 Å². The maximum atomic E-state index is 5.62. The molecule has 1 aliphatic heterocycles. The Balaban J connectivity index is 2.24. The van der Waals surface area contributed by atoms with Gasteiger partial charge in [0.25, 0.3) is 0 Å². The van der Waals surface area contributed by atoms with Gasteiger partial charge in [-0.25, -0.2) is 0 Å². The Kier molecular flexibility index (Phi) is 6.24. The van der Waals surface area contributed by atoms with E-state index in [9.17, 15) is 0 Å². The lowest BCUT2D eigenvalue weighted by Crippen LogP contribution is -2.39. The molecule has 94 valence electrons. The van der Waals surface area contributed by atoms with Crippen molar-refractivity contribution < 1.29 is 0 Å². The Morgan fingerprint density at radius 3 is 2.56 bits per heavy atom. The molecule has 0 radical (unpaired) electrons. The van der Waals surface area contributed by atoms with Crippen LogP contribution in [-0.4, -0.2) is 54.1 Å². The van der Waals surface area contributed by atoms with Gasteiger partial charge in [0.15, 0.2) is 0 Å². The van der Waals surface area contributed by atoms with Gasteiger partial charge < -0.3 is 15.5 Å². The van der Waals surface area contributed by atoms with Gasteiger partial charge >= 0.3 is 0 Å². The number of likely N-dealkylation sites (N-methyl/N-ethyl adjacent to an activating group) is 1. The molecular weight excluding hydrogens is 218 g/mol. The molecule has 1 aliphatic rings. The summed E-state index contributed by atoms with van der Waals surface area (Å²) in [5, 5.41) is 0. The zero-order valence-electron chi connectivity index (χ0n) is 10.6. The van der Waals surface area contributed by atoms with Crippen molar-refractivity contribution in [2.75, 3.05) is 33.2 Å². The van der Waals surface area contributed by atoms with E-state index in [0.29, 0.717) is 11.0 Å². The van der Waals surface area contributed by atoms with Crippen molar-refractivity contribution in [3.63, 3.8) is 0 Å². The molecule has 1 saturated heterocycles. The zero-order valence-corrected chi connectivity index (χ0v) is 11.4. The molecule has 3 nitrogen and oxygen atoms in total. The molecule has 1 atom stereocenters. The lowest BCUT2D eigenvalue weighted by atomic mass is 10.1. The summed E-state index contributed by atoms with van der Waals surface area (Å²) in [6.07, 6.45) is 4.71. The van der Waals surface area contributed by atoms with Crippen LogP contribution < -0.4 is 5.73 Å². The number of hydrogen-bond donors (Lipinski definition) is 1. The first-order valence-electron chi connectivity index (χ1n) is 6.34. The highest BCUT2D eigenvalue weighted by atomic mass is 32.1. The van der Waals surface area contributed by atoms with E-state index in [1.165, 1.54) is 32.5 Å². The quantitative estimate of drug-likeness (QED) is 0.686. The van der Waals surface area contributed by atoms with Crippen molar-refractivity contribution in [3.05, 3.63) is 0 Å². The second kappa shape index (κ2) is 7.20. The van der Waals surface area contributed by atoms with Crippen LogP contribution in [0.5, 0.6) is 0 Å². The summed E-state index contributed by atoms with van der Waals surface area (Å²) in [6.45, 7) is 7.07. The molecule has 0 aliphatic carbocycles. The topological polar surface area (TPSA) is 32.5 Å². The zero-order chi connectivity index (χ0) is 12.0. The monoisotopic (exact) mass is 243 g/mol. The van der Waals surface area contributed by atoms with Gasteiger partial charge in [0.1, 0.15) is 0 Å². The second-order valence-corrected chi connectivity index (χ2v) is 5.29. The van der Waals surface area contributed by atoms with Gasteiger partial charge in [0, 0.05) is 25.6 Å². The normalized spacial score (nSPS) is 19.2. The lowest BCUT2D eigenvalue weighted by molar-refractivity contribution is 0.204. The van der Waals surface area contributed by atoms with Crippen molar-refractivity contribution in [2.45, 2.75) is 38.6 Å². The van der Waals surface area contributed by atoms with Crippen LogP contribution in [0.1, 0.15) is 32.6 Å². The van der Waals surface area contributed by atoms with Crippen LogP contribution >= 0.6 is 12.2 Å². The SMILES string of the molecule is CCC(CC(N)=S)N(C)CCN1CCCC1. The molecule has 1 rings (SSSR count). The largest absolute Gasteiger partial charge is 0.393 e. The molecule has 1 unspecified atom stereocenters. The first-order valence-corrected chi connectivity index (χ1v) is 6.75. The van der Waals surface area contributed by atoms with Gasteiger partial charge in [-0.1, -0.05) is 19.1 Å². The van der Waals surface area contributed by atoms with Crippen LogP contribution in [0, 0.1) is 0 Å². The summed E-state index contributed by atoms with van der Waals surface area (Å²) in [5.74, 6) is 0. The number of thiocarbonyl (C=S) groups is 1. The van der Waals surface area contributed by atoms with Crippen molar-refractivity contribution >= 4 is 17.2 Å². The fourth-order valence-electron chi connectivity index (χ4n) is 2.33. The van der Waals surface area contributed by atoms with Gasteiger partial charge in [0.2, 0.25) is 0 Å². The number of hydrogen-bond acceptors (Lipinski definition) is 3. The van der Waals surface area contributed by atoms with Gasteiger partial charge in [-0.15, -0.1) is 0 Å². The van der Waals surface area contributed by atoms with Crippen molar-refractivity contribution in [1.29, 1.82) is 0 Å². The first-order chi connectivity index (χ1) is 7.63. The third-order valence-electron chi connectivity index (χ3n) is 3.50. The molecule has 0 aromatic heterocycles. The average Bonchev–Trinajstić information content (AvgIpc) is 2.75. The highest BCUT2D eigenvalue weighted by molar-refractivity contribution is 7.80. The van der Waals surface area contributed by atoms with E-state index in [1.807, 2.05) is 0 Å². The molecule has 0 aromatic carbocycles. The van der Waals surface area contributed by atoms with Crippen molar-refractivity contribution in [2.24, 2.45) is 5.73 Å². The number of nitrogens with zero attached hydrogens (tertiary/aromatic N) is 2. The highest BCUT2D eigenvalue weighted by Crippen LogP contribution is 2.10. The summed E-state index contributed by atoms with van der Waals surface area (Å²) >= 11 is 4.99. The third kappa shape index (κ3) is 4.76. The van der Waals surface area contributed by atoms with Crippen LogP contribution in [0.15, 0.2) is 0 Å². The minimum absolute atomic E-state index is 0.514. The minimum Gasteiger partial charge on any atom is -0.393 e. The second-order valence-electron chi connectivity index (χ2n) is 4.76. The summed E-state index contributed by atoms with van der Waals surface area (Å²) in [6, 6.07) is 0.514. The number of rotatable bonds is 7. The lowest BCUT2D eigenvalue weighted by Gasteiger charge is -2.28.